The second kappa shape index (κ2) is 6.74. The van der Waals surface area contributed by atoms with Gasteiger partial charge in [0.05, 0.1) is 16.5 Å². The topological polar surface area (TPSA) is 62.3 Å². The van der Waals surface area contributed by atoms with Gasteiger partial charge in [0.25, 0.3) is 0 Å². The fraction of sp³-hybridized carbons (Fsp3) is 0.312. The van der Waals surface area contributed by atoms with E-state index in [0.717, 1.165) is 29.8 Å². The lowest BCUT2D eigenvalue weighted by Gasteiger charge is -2.35. The van der Waals surface area contributed by atoms with Gasteiger partial charge in [-0.05, 0) is 35.9 Å². The molecule has 1 aromatic heterocycles. The number of alkyl halides is 3. The van der Waals surface area contributed by atoms with E-state index >= 15 is 0 Å². The van der Waals surface area contributed by atoms with Crippen LogP contribution in [-0.2, 0) is 16.2 Å². The molecule has 2 aromatic rings. The van der Waals surface area contributed by atoms with Gasteiger partial charge in [0.2, 0.25) is 10.0 Å². The number of aromatic nitrogens is 1. The average Bonchev–Trinajstić information content (AvgIpc) is 2.62. The molecule has 0 amide bonds. The van der Waals surface area contributed by atoms with Crippen molar-refractivity contribution in [3.05, 3.63) is 59.9 Å². The zero-order valence-electron chi connectivity index (χ0n) is 13.1. The summed E-state index contributed by atoms with van der Waals surface area (Å²) < 4.78 is 65.2. The average molecular weight is 371 g/mol. The molecule has 2 heterocycles. The lowest BCUT2D eigenvalue weighted by atomic mass is 10.1. The van der Waals surface area contributed by atoms with Gasteiger partial charge in [0, 0.05) is 32.0 Å². The number of benzene rings is 1. The Morgan fingerprint density at radius 1 is 1.16 bits per heavy atom. The van der Waals surface area contributed by atoms with E-state index < -0.39 is 27.8 Å². The smallest absolute Gasteiger partial charge is 0.313 e. The highest BCUT2D eigenvalue weighted by Gasteiger charge is 2.35. The van der Waals surface area contributed by atoms with Crippen molar-refractivity contribution in [3.63, 3.8) is 0 Å². The van der Waals surface area contributed by atoms with Crippen LogP contribution >= 0.6 is 0 Å². The minimum absolute atomic E-state index is 0.156. The highest BCUT2D eigenvalue weighted by atomic mass is 32.2. The molecule has 1 N–H and O–H groups in total. The summed E-state index contributed by atoms with van der Waals surface area (Å²) in [5, 5.41) is 3.13. The number of rotatable bonds is 3. The normalized spacial score (nSPS) is 19.7. The van der Waals surface area contributed by atoms with E-state index in [1.807, 2.05) is 0 Å². The van der Waals surface area contributed by atoms with Gasteiger partial charge in [-0.1, -0.05) is 6.07 Å². The molecular weight excluding hydrogens is 355 g/mol. The molecular formula is C16H16F3N3O2S. The van der Waals surface area contributed by atoms with Gasteiger partial charge < -0.3 is 5.32 Å². The van der Waals surface area contributed by atoms with Crippen LogP contribution in [0.25, 0.3) is 0 Å². The summed E-state index contributed by atoms with van der Waals surface area (Å²) in [7, 11) is -3.92. The van der Waals surface area contributed by atoms with Crippen LogP contribution in [0.2, 0.25) is 0 Å². The fourth-order valence-corrected chi connectivity index (χ4v) is 4.40. The molecule has 1 unspecified atom stereocenters. The first-order valence-corrected chi connectivity index (χ1v) is 9.04. The monoisotopic (exact) mass is 371 g/mol. The molecule has 1 aliphatic rings. The standard InChI is InChI=1S/C16H16F3N3O2S/c17-16(18,19)13-3-5-14(6-4-13)25(23,24)22-9-8-21-11-15(22)12-2-1-7-20-10-12/h1-7,10,15,21H,8-9,11H2. The number of hydrogen-bond acceptors (Lipinski definition) is 4. The van der Waals surface area contributed by atoms with Gasteiger partial charge in [0.15, 0.2) is 0 Å². The van der Waals surface area contributed by atoms with Gasteiger partial charge in [0.1, 0.15) is 0 Å². The minimum atomic E-state index is -4.50. The molecule has 0 saturated carbocycles. The molecule has 9 heteroatoms. The van der Waals surface area contributed by atoms with Crippen molar-refractivity contribution >= 4 is 10.0 Å². The Kier molecular flexibility index (Phi) is 4.81. The first-order valence-electron chi connectivity index (χ1n) is 7.60. The number of nitrogens with one attached hydrogen (secondary N) is 1. The zero-order chi connectivity index (χ0) is 18.1. The van der Waals surface area contributed by atoms with Gasteiger partial charge in [-0.2, -0.15) is 17.5 Å². The van der Waals surface area contributed by atoms with Crippen LogP contribution in [0.4, 0.5) is 13.2 Å². The van der Waals surface area contributed by atoms with E-state index in [1.54, 1.807) is 24.5 Å². The summed E-state index contributed by atoms with van der Waals surface area (Å²) in [5.41, 5.74) is -0.152. The van der Waals surface area contributed by atoms with E-state index in [-0.39, 0.29) is 11.4 Å². The highest BCUT2D eigenvalue weighted by molar-refractivity contribution is 7.89. The van der Waals surface area contributed by atoms with Gasteiger partial charge >= 0.3 is 6.18 Å². The van der Waals surface area contributed by atoms with Crippen LogP contribution in [0.3, 0.4) is 0 Å². The Hall–Kier alpha value is -1.97. The summed E-state index contributed by atoms with van der Waals surface area (Å²) in [6.07, 6.45) is -1.32. The predicted octanol–water partition coefficient (Wildman–Crippen LogP) is 2.44. The van der Waals surface area contributed by atoms with Crippen LogP contribution in [0.15, 0.2) is 53.7 Å². The lowest BCUT2D eigenvalue weighted by Crippen LogP contribution is -2.48. The van der Waals surface area contributed by atoms with Crippen molar-refractivity contribution in [1.29, 1.82) is 0 Å². The van der Waals surface area contributed by atoms with E-state index in [0.29, 0.717) is 13.1 Å². The molecule has 25 heavy (non-hydrogen) atoms. The molecule has 1 atom stereocenters. The summed E-state index contributed by atoms with van der Waals surface area (Å²) in [6.45, 7) is 1.10. The Labute approximate surface area is 143 Å². The molecule has 1 saturated heterocycles. The Bertz CT molecular complexity index is 824. The molecule has 1 fully saturated rings. The van der Waals surface area contributed by atoms with Crippen molar-refractivity contribution in [1.82, 2.24) is 14.6 Å². The van der Waals surface area contributed by atoms with Crippen LogP contribution in [-0.4, -0.2) is 37.3 Å². The first kappa shape index (κ1) is 17.8. The number of pyridine rings is 1. The van der Waals surface area contributed by atoms with Crippen molar-refractivity contribution < 1.29 is 21.6 Å². The largest absolute Gasteiger partial charge is 0.416 e. The van der Waals surface area contributed by atoms with Crippen molar-refractivity contribution in [3.8, 4) is 0 Å². The van der Waals surface area contributed by atoms with E-state index in [1.165, 1.54) is 4.31 Å². The molecule has 3 rings (SSSR count). The predicted molar refractivity (Wildman–Crippen MR) is 85.2 cm³/mol. The fourth-order valence-electron chi connectivity index (χ4n) is 2.78. The quantitative estimate of drug-likeness (QED) is 0.900. The number of piperazine rings is 1. The second-order valence-electron chi connectivity index (χ2n) is 5.64. The van der Waals surface area contributed by atoms with E-state index in [9.17, 15) is 21.6 Å². The van der Waals surface area contributed by atoms with Gasteiger partial charge in [-0.25, -0.2) is 8.42 Å². The number of sulfonamides is 1. The van der Waals surface area contributed by atoms with Gasteiger partial charge in [-0.15, -0.1) is 0 Å². The van der Waals surface area contributed by atoms with E-state index in [4.69, 9.17) is 0 Å². The molecule has 134 valence electrons. The molecule has 1 aliphatic heterocycles. The van der Waals surface area contributed by atoms with Gasteiger partial charge in [-0.3, -0.25) is 4.98 Å². The first-order chi connectivity index (χ1) is 11.8. The third-order valence-corrected chi connectivity index (χ3v) is 5.97. The number of halogens is 3. The molecule has 0 spiro atoms. The summed E-state index contributed by atoms with van der Waals surface area (Å²) in [6, 6.07) is 6.60. The van der Waals surface area contributed by atoms with Crippen LogP contribution in [0, 0.1) is 0 Å². The van der Waals surface area contributed by atoms with Crippen molar-refractivity contribution in [2.45, 2.75) is 17.1 Å². The van der Waals surface area contributed by atoms with Crippen LogP contribution < -0.4 is 5.32 Å². The maximum absolute atomic E-state index is 12.9. The molecule has 0 aliphatic carbocycles. The Balaban J connectivity index is 1.94. The Morgan fingerprint density at radius 2 is 1.88 bits per heavy atom. The maximum atomic E-state index is 12.9. The number of nitrogens with zero attached hydrogens (tertiary/aromatic N) is 2. The third-order valence-electron chi connectivity index (χ3n) is 4.05. The summed E-state index contributed by atoms with van der Waals surface area (Å²) in [5.74, 6) is 0. The maximum Gasteiger partial charge on any atom is 0.416 e. The summed E-state index contributed by atoms with van der Waals surface area (Å²) >= 11 is 0. The van der Waals surface area contributed by atoms with Crippen molar-refractivity contribution in [2.75, 3.05) is 19.6 Å². The van der Waals surface area contributed by atoms with Crippen LogP contribution in [0.1, 0.15) is 17.2 Å². The second-order valence-corrected chi connectivity index (χ2v) is 7.53. The van der Waals surface area contributed by atoms with Crippen LogP contribution in [0.5, 0.6) is 0 Å². The minimum Gasteiger partial charge on any atom is -0.313 e. The highest BCUT2D eigenvalue weighted by Crippen LogP contribution is 2.32. The third kappa shape index (κ3) is 3.68. The molecule has 0 bridgehead atoms. The lowest BCUT2D eigenvalue weighted by molar-refractivity contribution is -0.137. The molecule has 1 aromatic carbocycles. The zero-order valence-corrected chi connectivity index (χ0v) is 13.9. The summed E-state index contributed by atoms with van der Waals surface area (Å²) in [4.78, 5) is 3.86. The molecule has 5 nitrogen and oxygen atoms in total. The van der Waals surface area contributed by atoms with E-state index in [2.05, 4.69) is 10.3 Å². The molecule has 0 radical (unpaired) electrons. The van der Waals surface area contributed by atoms with Crippen molar-refractivity contribution in [2.24, 2.45) is 0 Å². The Morgan fingerprint density at radius 3 is 2.48 bits per heavy atom. The number of hydrogen-bond donors (Lipinski definition) is 1. The SMILES string of the molecule is O=S(=O)(c1ccc(C(F)(F)F)cc1)N1CCNCC1c1cccnc1.